The first-order chi connectivity index (χ1) is 8.90. The van der Waals surface area contributed by atoms with Crippen molar-refractivity contribution in [3.63, 3.8) is 0 Å². The van der Waals surface area contributed by atoms with Gasteiger partial charge >= 0.3 is 0 Å². The van der Waals surface area contributed by atoms with Crippen molar-refractivity contribution in [2.75, 3.05) is 4.72 Å². The van der Waals surface area contributed by atoms with Crippen LogP contribution in [-0.2, 0) is 10.0 Å². The summed E-state index contributed by atoms with van der Waals surface area (Å²) in [6.45, 7) is 0. The average Bonchev–Trinajstić information content (AvgIpc) is 2.33. The molecule has 3 nitrogen and oxygen atoms in total. The van der Waals surface area contributed by atoms with Crippen molar-refractivity contribution in [2.45, 2.75) is 4.90 Å². The smallest absolute Gasteiger partial charge is 0.263 e. The van der Waals surface area contributed by atoms with Gasteiger partial charge in [-0.1, -0.05) is 12.1 Å². The van der Waals surface area contributed by atoms with Gasteiger partial charge in [0.1, 0.15) is 16.5 Å². The SMILES string of the molecule is O=S(=O)(Nc1ccc(F)cc1F)c1ccccc1Br. The summed E-state index contributed by atoms with van der Waals surface area (Å²) in [6, 6.07) is 8.73. The first kappa shape index (κ1) is 14.0. The number of nitrogens with one attached hydrogen (secondary N) is 1. The van der Waals surface area contributed by atoms with E-state index in [1.807, 2.05) is 0 Å². The first-order valence-corrected chi connectivity index (χ1v) is 7.40. The van der Waals surface area contributed by atoms with E-state index >= 15 is 0 Å². The second kappa shape index (κ2) is 5.26. The van der Waals surface area contributed by atoms with E-state index in [-0.39, 0.29) is 10.6 Å². The number of hydrogen-bond acceptors (Lipinski definition) is 2. The van der Waals surface area contributed by atoms with Gasteiger partial charge in [-0.3, -0.25) is 4.72 Å². The number of rotatable bonds is 3. The van der Waals surface area contributed by atoms with E-state index < -0.39 is 21.7 Å². The van der Waals surface area contributed by atoms with Crippen LogP contribution in [0.15, 0.2) is 51.8 Å². The molecule has 0 heterocycles. The summed E-state index contributed by atoms with van der Waals surface area (Å²) in [4.78, 5) is -0.0290. The van der Waals surface area contributed by atoms with E-state index in [0.29, 0.717) is 10.5 Å². The van der Waals surface area contributed by atoms with Crippen molar-refractivity contribution in [3.05, 3.63) is 58.6 Å². The Morgan fingerprint density at radius 2 is 1.74 bits per heavy atom. The fourth-order valence-corrected chi connectivity index (χ4v) is 3.51. The molecule has 0 spiro atoms. The maximum absolute atomic E-state index is 13.4. The van der Waals surface area contributed by atoms with Gasteiger partial charge in [0.15, 0.2) is 0 Å². The molecule has 7 heteroatoms. The maximum Gasteiger partial charge on any atom is 0.263 e. The van der Waals surface area contributed by atoms with Crippen molar-refractivity contribution >= 4 is 31.6 Å². The van der Waals surface area contributed by atoms with Crippen molar-refractivity contribution in [3.8, 4) is 0 Å². The van der Waals surface area contributed by atoms with Crippen molar-refractivity contribution in [1.29, 1.82) is 0 Å². The molecule has 2 aromatic carbocycles. The fraction of sp³-hybridized carbons (Fsp3) is 0. The highest BCUT2D eigenvalue weighted by molar-refractivity contribution is 9.10. The molecule has 0 aliphatic carbocycles. The topological polar surface area (TPSA) is 46.2 Å². The number of sulfonamides is 1. The van der Waals surface area contributed by atoms with Gasteiger partial charge in [0.2, 0.25) is 0 Å². The highest BCUT2D eigenvalue weighted by Gasteiger charge is 2.18. The maximum atomic E-state index is 13.4. The Morgan fingerprint density at radius 1 is 1.05 bits per heavy atom. The molecular formula is C12H8BrF2NO2S. The van der Waals surface area contributed by atoms with Crippen LogP contribution >= 0.6 is 15.9 Å². The number of anilines is 1. The van der Waals surface area contributed by atoms with Crippen LogP contribution in [0, 0.1) is 11.6 Å². The molecule has 2 aromatic rings. The second-order valence-corrected chi connectivity index (χ2v) is 6.17. The minimum atomic E-state index is -3.94. The zero-order valence-corrected chi connectivity index (χ0v) is 11.8. The van der Waals surface area contributed by atoms with Crippen LogP contribution in [0.3, 0.4) is 0 Å². The van der Waals surface area contributed by atoms with Gasteiger partial charge in [-0.05, 0) is 40.2 Å². The Labute approximate surface area is 117 Å². The van der Waals surface area contributed by atoms with Crippen molar-refractivity contribution in [2.24, 2.45) is 0 Å². The lowest BCUT2D eigenvalue weighted by atomic mass is 10.3. The normalized spacial score (nSPS) is 11.3. The molecule has 0 saturated heterocycles. The number of halogens is 3. The third kappa shape index (κ3) is 3.10. The first-order valence-electron chi connectivity index (χ1n) is 5.12. The summed E-state index contributed by atoms with van der Waals surface area (Å²) in [5.41, 5.74) is -0.308. The molecule has 0 atom stereocenters. The van der Waals surface area contributed by atoms with Gasteiger partial charge in [-0.25, -0.2) is 17.2 Å². The standard InChI is InChI=1S/C12H8BrF2NO2S/c13-9-3-1-2-4-12(9)19(17,18)16-11-6-5-8(14)7-10(11)15/h1-7,16H. The Morgan fingerprint density at radius 3 is 2.37 bits per heavy atom. The minimum Gasteiger partial charge on any atom is -0.277 e. The van der Waals surface area contributed by atoms with Crippen LogP contribution in [0.25, 0.3) is 0 Å². The summed E-state index contributed by atoms with van der Waals surface area (Å²) in [5, 5.41) is 0. The molecular weight excluding hydrogens is 340 g/mol. The molecule has 0 saturated carbocycles. The average molecular weight is 348 g/mol. The van der Waals surface area contributed by atoms with E-state index in [0.717, 1.165) is 12.1 Å². The summed E-state index contributed by atoms with van der Waals surface area (Å²) in [6.07, 6.45) is 0. The van der Waals surface area contributed by atoms with E-state index in [9.17, 15) is 17.2 Å². The van der Waals surface area contributed by atoms with Crippen LogP contribution in [0.5, 0.6) is 0 Å². The lowest BCUT2D eigenvalue weighted by Gasteiger charge is -2.10. The zero-order chi connectivity index (χ0) is 14.0. The van der Waals surface area contributed by atoms with Gasteiger partial charge in [0, 0.05) is 10.5 Å². The fourth-order valence-electron chi connectivity index (χ4n) is 1.43. The molecule has 0 fully saturated rings. The molecule has 1 N–H and O–H groups in total. The molecule has 0 aromatic heterocycles. The van der Waals surface area contributed by atoms with Gasteiger partial charge in [-0.2, -0.15) is 0 Å². The third-order valence-corrected chi connectivity index (χ3v) is 4.68. The van der Waals surface area contributed by atoms with Crippen molar-refractivity contribution < 1.29 is 17.2 Å². The van der Waals surface area contributed by atoms with E-state index in [2.05, 4.69) is 20.7 Å². The number of hydrogen-bond donors (Lipinski definition) is 1. The van der Waals surface area contributed by atoms with Gasteiger partial charge in [0.05, 0.1) is 5.69 Å². The number of benzene rings is 2. The molecule has 0 unspecified atom stereocenters. The summed E-state index contributed by atoms with van der Waals surface area (Å²) >= 11 is 3.10. The van der Waals surface area contributed by atoms with E-state index in [4.69, 9.17) is 0 Å². The monoisotopic (exact) mass is 347 g/mol. The van der Waals surface area contributed by atoms with Crippen LogP contribution < -0.4 is 4.72 Å². The molecule has 0 aliphatic rings. The molecule has 100 valence electrons. The molecule has 19 heavy (non-hydrogen) atoms. The van der Waals surface area contributed by atoms with E-state index in [1.54, 1.807) is 18.2 Å². The highest BCUT2D eigenvalue weighted by Crippen LogP contribution is 2.25. The Balaban J connectivity index is 2.40. The largest absolute Gasteiger partial charge is 0.277 e. The van der Waals surface area contributed by atoms with Crippen LogP contribution in [0.4, 0.5) is 14.5 Å². The van der Waals surface area contributed by atoms with Gasteiger partial charge in [-0.15, -0.1) is 0 Å². The zero-order valence-electron chi connectivity index (χ0n) is 9.40. The lowest BCUT2D eigenvalue weighted by molar-refractivity contribution is 0.582. The molecule has 0 aliphatic heterocycles. The molecule has 0 bridgehead atoms. The molecule has 0 amide bonds. The Bertz CT molecular complexity index is 719. The quantitative estimate of drug-likeness (QED) is 0.923. The summed E-state index contributed by atoms with van der Waals surface area (Å²) in [7, 11) is -3.94. The Kier molecular flexibility index (Phi) is 3.86. The van der Waals surface area contributed by atoms with Gasteiger partial charge in [0.25, 0.3) is 10.0 Å². The van der Waals surface area contributed by atoms with Gasteiger partial charge < -0.3 is 0 Å². The summed E-state index contributed by atoms with van der Waals surface area (Å²) < 4.78 is 52.7. The second-order valence-electron chi connectivity index (χ2n) is 3.66. The predicted molar refractivity (Wildman–Crippen MR) is 71.3 cm³/mol. The van der Waals surface area contributed by atoms with Crippen LogP contribution in [0.2, 0.25) is 0 Å². The molecule has 2 rings (SSSR count). The summed E-state index contributed by atoms with van der Waals surface area (Å²) in [5.74, 6) is -1.75. The molecule has 0 radical (unpaired) electrons. The Hall–Kier alpha value is -1.47. The third-order valence-electron chi connectivity index (χ3n) is 2.30. The van der Waals surface area contributed by atoms with E-state index in [1.165, 1.54) is 6.07 Å². The van der Waals surface area contributed by atoms with Crippen molar-refractivity contribution in [1.82, 2.24) is 0 Å². The minimum absolute atomic E-state index is 0.0290. The van der Waals surface area contributed by atoms with Crippen LogP contribution in [0.1, 0.15) is 0 Å². The van der Waals surface area contributed by atoms with Crippen LogP contribution in [-0.4, -0.2) is 8.42 Å². The highest BCUT2D eigenvalue weighted by atomic mass is 79.9. The lowest BCUT2D eigenvalue weighted by Crippen LogP contribution is -2.14. The predicted octanol–water partition coefficient (Wildman–Crippen LogP) is 3.53.